The summed E-state index contributed by atoms with van der Waals surface area (Å²) in [6, 6.07) is 11.9. The van der Waals surface area contributed by atoms with Crippen molar-refractivity contribution < 1.29 is 0 Å². The lowest BCUT2D eigenvalue weighted by atomic mass is 10.3. The number of hydrogen-bond donors (Lipinski definition) is 1. The average molecular weight is 259 g/mol. The molecule has 0 saturated heterocycles. The number of pyridine rings is 1. The van der Waals surface area contributed by atoms with E-state index in [4.69, 9.17) is 5.73 Å². The van der Waals surface area contributed by atoms with Crippen molar-refractivity contribution in [1.82, 2.24) is 9.97 Å². The van der Waals surface area contributed by atoms with Crippen LogP contribution in [0.25, 0.3) is 10.2 Å². The predicted molar refractivity (Wildman–Crippen MR) is 72.4 cm³/mol. The van der Waals surface area contributed by atoms with Crippen LogP contribution < -0.4 is 5.73 Å². The summed E-state index contributed by atoms with van der Waals surface area (Å²) in [5.74, 6) is 0. The smallest absolute Gasteiger partial charge is 0.157 e. The van der Waals surface area contributed by atoms with Crippen molar-refractivity contribution in [3.63, 3.8) is 0 Å². The van der Waals surface area contributed by atoms with Crippen LogP contribution >= 0.6 is 23.1 Å². The Bertz CT molecular complexity index is 613. The van der Waals surface area contributed by atoms with Gasteiger partial charge in [-0.25, -0.2) is 9.97 Å². The summed E-state index contributed by atoms with van der Waals surface area (Å²) in [6.07, 6.45) is 1.66. The van der Waals surface area contributed by atoms with Crippen LogP contribution in [0, 0.1) is 0 Å². The lowest BCUT2D eigenvalue weighted by Gasteiger charge is -1.96. The van der Waals surface area contributed by atoms with Crippen LogP contribution in [0.1, 0.15) is 0 Å². The molecular formula is C12H9N3S2. The largest absolute Gasteiger partial charge is 0.397 e. The van der Waals surface area contributed by atoms with Crippen LogP contribution in [0.5, 0.6) is 0 Å². The summed E-state index contributed by atoms with van der Waals surface area (Å²) >= 11 is 3.24. The van der Waals surface area contributed by atoms with Gasteiger partial charge in [-0.05, 0) is 36.0 Å². The van der Waals surface area contributed by atoms with Crippen LogP contribution in [0.2, 0.25) is 0 Å². The predicted octanol–water partition coefficient (Wildman–Crippen LogP) is 3.42. The Morgan fingerprint density at radius 3 is 2.76 bits per heavy atom. The van der Waals surface area contributed by atoms with Crippen molar-refractivity contribution in [3.05, 3.63) is 42.6 Å². The van der Waals surface area contributed by atoms with E-state index in [1.54, 1.807) is 29.3 Å². The minimum atomic E-state index is 0.679. The summed E-state index contributed by atoms with van der Waals surface area (Å²) in [7, 11) is 0. The molecule has 3 nitrogen and oxygen atoms in total. The van der Waals surface area contributed by atoms with Gasteiger partial charge in [0.15, 0.2) is 4.34 Å². The molecule has 0 bridgehead atoms. The van der Waals surface area contributed by atoms with Gasteiger partial charge >= 0.3 is 0 Å². The third-order valence-electron chi connectivity index (χ3n) is 2.23. The molecule has 0 atom stereocenters. The lowest BCUT2D eigenvalue weighted by Crippen LogP contribution is -1.86. The Balaban J connectivity index is 1.92. The van der Waals surface area contributed by atoms with Gasteiger partial charge in [0, 0.05) is 0 Å². The fourth-order valence-electron chi connectivity index (χ4n) is 1.44. The number of nitrogens with two attached hydrogens (primary N) is 1. The molecule has 3 rings (SSSR count). The number of para-hydroxylation sites is 1. The first kappa shape index (κ1) is 10.6. The van der Waals surface area contributed by atoms with Crippen LogP contribution in [-0.4, -0.2) is 9.97 Å². The third kappa shape index (κ3) is 2.25. The van der Waals surface area contributed by atoms with Crippen LogP contribution in [0.4, 0.5) is 5.69 Å². The SMILES string of the molecule is Nc1ccc(Sc2nc3ccccc3s2)nc1. The van der Waals surface area contributed by atoms with Gasteiger partial charge in [0.05, 0.1) is 22.1 Å². The van der Waals surface area contributed by atoms with Crippen molar-refractivity contribution in [2.45, 2.75) is 9.37 Å². The number of aromatic nitrogens is 2. The number of nitrogen functional groups attached to an aromatic ring is 1. The van der Waals surface area contributed by atoms with Gasteiger partial charge in [0.2, 0.25) is 0 Å². The molecule has 0 spiro atoms. The molecule has 0 fully saturated rings. The molecule has 2 aromatic heterocycles. The van der Waals surface area contributed by atoms with E-state index in [1.807, 2.05) is 30.3 Å². The lowest BCUT2D eigenvalue weighted by molar-refractivity contribution is 1.13. The van der Waals surface area contributed by atoms with Gasteiger partial charge < -0.3 is 5.73 Å². The van der Waals surface area contributed by atoms with Crippen LogP contribution in [-0.2, 0) is 0 Å². The van der Waals surface area contributed by atoms with Gasteiger partial charge in [-0.2, -0.15) is 0 Å². The number of thiazole rings is 1. The van der Waals surface area contributed by atoms with E-state index >= 15 is 0 Å². The second kappa shape index (κ2) is 4.35. The Kier molecular flexibility index (Phi) is 2.70. The molecular weight excluding hydrogens is 250 g/mol. The molecule has 2 heterocycles. The topological polar surface area (TPSA) is 51.8 Å². The van der Waals surface area contributed by atoms with E-state index in [0.717, 1.165) is 14.9 Å². The van der Waals surface area contributed by atoms with E-state index < -0.39 is 0 Å². The third-order valence-corrected chi connectivity index (χ3v) is 4.27. The van der Waals surface area contributed by atoms with E-state index in [-0.39, 0.29) is 0 Å². The molecule has 0 aliphatic carbocycles. The van der Waals surface area contributed by atoms with E-state index in [2.05, 4.69) is 16.0 Å². The minimum Gasteiger partial charge on any atom is -0.397 e. The summed E-state index contributed by atoms with van der Waals surface area (Å²) in [5.41, 5.74) is 7.31. The maximum Gasteiger partial charge on any atom is 0.157 e. The van der Waals surface area contributed by atoms with Crippen molar-refractivity contribution in [1.29, 1.82) is 0 Å². The first-order valence-corrected chi connectivity index (χ1v) is 6.69. The Morgan fingerprint density at radius 2 is 2.00 bits per heavy atom. The first-order valence-electron chi connectivity index (χ1n) is 5.06. The van der Waals surface area contributed by atoms with Gasteiger partial charge in [-0.15, -0.1) is 11.3 Å². The Hall–Kier alpha value is -1.59. The molecule has 2 N–H and O–H groups in total. The summed E-state index contributed by atoms with van der Waals surface area (Å²) in [4.78, 5) is 8.79. The molecule has 3 aromatic rings. The summed E-state index contributed by atoms with van der Waals surface area (Å²) in [6.45, 7) is 0. The maximum absolute atomic E-state index is 5.60. The zero-order chi connectivity index (χ0) is 11.7. The van der Waals surface area contributed by atoms with Crippen molar-refractivity contribution in [2.24, 2.45) is 0 Å². The number of anilines is 1. The first-order chi connectivity index (χ1) is 8.31. The van der Waals surface area contributed by atoms with Crippen molar-refractivity contribution >= 4 is 39.0 Å². The average Bonchev–Trinajstić information content (AvgIpc) is 2.74. The molecule has 0 saturated carbocycles. The second-order valence-corrected chi connectivity index (χ2v) is 5.78. The van der Waals surface area contributed by atoms with Gasteiger partial charge in [0.1, 0.15) is 5.03 Å². The number of rotatable bonds is 2. The number of nitrogens with zero attached hydrogens (tertiary/aromatic N) is 2. The molecule has 0 radical (unpaired) electrons. The molecule has 0 amide bonds. The highest BCUT2D eigenvalue weighted by molar-refractivity contribution is 8.01. The molecule has 0 aliphatic heterocycles. The number of hydrogen-bond acceptors (Lipinski definition) is 5. The highest BCUT2D eigenvalue weighted by Gasteiger charge is 2.05. The molecule has 0 unspecified atom stereocenters. The second-order valence-electron chi connectivity index (χ2n) is 3.48. The minimum absolute atomic E-state index is 0.679. The fraction of sp³-hybridized carbons (Fsp3) is 0. The van der Waals surface area contributed by atoms with Crippen LogP contribution in [0.3, 0.4) is 0 Å². The van der Waals surface area contributed by atoms with E-state index in [0.29, 0.717) is 5.69 Å². The Morgan fingerprint density at radius 1 is 1.12 bits per heavy atom. The molecule has 5 heteroatoms. The van der Waals surface area contributed by atoms with Gasteiger partial charge in [-0.3, -0.25) is 0 Å². The molecule has 0 aliphatic rings. The highest BCUT2D eigenvalue weighted by Crippen LogP contribution is 2.33. The van der Waals surface area contributed by atoms with Gasteiger partial charge in [-0.1, -0.05) is 12.1 Å². The number of benzene rings is 1. The van der Waals surface area contributed by atoms with Crippen molar-refractivity contribution in [2.75, 3.05) is 5.73 Å². The zero-order valence-corrected chi connectivity index (χ0v) is 10.5. The van der Waals surface area contributed by atoms with E-state index in [1.165, 1.54) is 4.70 Å². The zero-order valence-electron chi connectivity index (χ0n) is 8.83. The summed E-state index contributed by atoms with van der Waals surface area (Å²) < 4.78 is 2.20. The monoisotopic (exact) mass is 259 g/mol. The summed E-state index contributed by atoms with van der Waals surface area (Å²) in [5, 5.41) is 0.915. The quantitative estimate of drug-likeness (QED) is 0.766. The molecule has 84 valence electrons. The van der Waals surface area contributed by atoms with Crippen LogP contribution in [0.15, 0.2) is 52.0 Å². The maximum atomic E-state index is 5.60. The Labute approximate surface area is 107 Å². The van der Waals surface area contributed by atoms with Gasteiger partial charge in [0.25, 0.3) is 0 Å². The standard InChI is InChI=1S/C12H9N3S2/c13-8-5-6-11(14-7-8)17-12-15-9-3-1-2-4-10(9)16-12/h1-7H,13H2. The highest BCUT2D eigenvalue weighted by atomic mass is 32.2. The fourth-order valence-corrected chi connectivity index (χ4v) is 3.39. The van der Waals surface area contributed by atoms with Crippen molar-refractivity contribution in [3.8, 4) is 0 Å². The molecule has 1 aromatic carbocycles. The van der Waals surface area contributed by atoms with E-state index in [9.17, 15) is 0 Å². The normalized spacial score (nSPS) is 10.8. The number of fused-ring (bicyclic) bond motifs is 1. The molecule has 17 heavy (non-hydrogen) atoms.